The van der Waals surface area contributed by atoms with Crippen LogP contribution in [0.15, 0.2) is 42.5 Å². The number of anilines is 2. The van der Waals surface area contributed by atoms with Crippen molar-refractivity contribution in [1.82, 2.24) is 0 Å². The predicted octanol–water partition coefficient (Wildman–Crippen LogP) is 4.98. The van der Waals surface area contributed by atoms with Gasteiger partial charge in [-0.2, -0.15) is 0 Å². The minimum atomic E-state index is -0.181. The van der Waals surface area contributed by atoms with Gasteiger partial charge in [0.05, 0.1) is 16.8 Å². The summed E-state index contributed by atoms with van der Waals surface area (Å²) in [6.07, 6.45) is 2.46. The molecule has 0 radical (unpaired) electrons. The van der Waals surface area contributed by atoms with Gasteiger partial charge in [-0.1, -0.05) is 17.7 Å². The highest BCUT2D eigenvalue weighted by molar-refractivity contribution is 6.33. The smallest absolute Gasteiger partial charge is 0.255 e. The number of nitrogens with one attached hydrogen (secondary N) is 1. The lowest BCUT2D eigenvalue weighted by Gasteiger charge is -2.19. The van der Waals surface area contributed by atoms with Crippen LogP contribution in [0, 0.1) is 0 Å². The number of carbonyl (C=O) groups is 1. The molecule has 1 fully saturated rings. The Morgan fingerprint density at radius 1 is 1.16 bits per heavy atom. The summed E-state index contributed by atoms with van der Waals surface area (Å²) >= 11 is 6.41. The van der Waals surface area contributed by atoms with Gasteiger partial charge >= 0.3 is 0 Å². The fraction of sp³-hybridized carbons (Fsp3) is 0.350. The lowest BCUT2D eigenvalue weighted by molar-refractivity contribution is 0.102. The SMILES string of the molecule is CC(C)Oc1cccc(C(=O)Nc2ccc(N3CCCC3)c(Cl)c2)c1. The van der Waals surface area contributed by atoms with Crippen LogP contribution in [0.1, 0.15) is 37.0 Å². The quantitative estimate of drug-likeness (QED) is 0.819. The molecule has 25 heavy (non-hydrogen) atoms. The third-order valence-corrected chi connectivity index (χ3v) is 4.42. The Labute approximate surface area is 153 Å². The van der Waals surface area contributed by atoms with E-state index in [1.165, 1.54) is 12.8 Å². The normalized spacial score (nSPS) is 14.0. The molecule has 0 unspecified atom stereocenters. The highest BCUT2D eigenvalue weighted by Gasteiger charge is 2.16. The summed E-state index contributed by atoms with van der Waals surface area (Å²) in [5, 5.41) is 3.56. The molecule has 0 atom stereocenters. The van der Waals surface area contributed by atoms with Gasteiger partial charge in [0.1, 0.15) is 5.75 Å². The van der Waals surface area contributed by atoms with Gasteiger partial charge in [-0.15, -0.1) is 0 Å². The molecular formula is C20H23ClN2O2. The lowest BCUT2D eigenvalue weighted by Crippen LogP contribution is -2.18. The number of hydrogen-bond acceptors (Lipinski definition) is 3. The molecule has 4 nitrogen and oxygen atoms in total. The second kappa shape index (κ2) is 7.79. The van der Waals surface area contributed by atoms with Crippen LogP contribution in [0.25, 0.3) is 0 Å². The van der Waals surface area contributed by atoms with Crippen LogP contribution in [-0.2, 0) is 0 Å². The van der Waals surface area contributed by atoms with E-state index in [-0.39, 0.29) is 12.0 Å². The molecule has 0 aliphatic carbocycles. The number of rotatable bonds is 5. The maximum atomic E-state index is 12.5. The van der Waals surface area contributed by atoms with E-state index < -0.39 is 0 Å². The van der Waals surface area contributed by atoms with E-state index >= 15 is 0 Å². The Morgan fingerprint density at radius 3 is 2.60 bits per heavy atom. The highest BCUT2D eigenvalue weighted by Crippen LogP contribution is 2.31. The molecule has 2 aromatic carbocycles. The Morgan fingerprint density at radius 2 is 1.92 bits per heavy atom. The third-order valence-electron chi connectivity index (χ3n) is 4.12. The summed E-state index contributed by atoms with van der Waals surface area (Å²) in [4.78, 5) is 14.8. The van der Waals surface area contributed by atoms with Crippen LogP contribution >= 0.6 is 11.6 Å². The van der Waals surface area contributed by atoms with Gasteiger partial charge in [-0.25, -0.2) is 0 Å². The average molecular weight is 359 g/mol. The molecule has 2 aromatic rings. The molecule has 1 aliphatic heterocycles. The number of hydrogen-bond donors (Lipinski definition) is 1. The lowest BCUT2D eigenvalue weighted by atomic mass is 10.2. The van der Waals surface area contributed by atoms with Crippen molar-refractivity contribution in [3.63, 3.8) is 0 Å². The van der Waals surface area contributed by atoms with Crippen LogP contribution < -0.4 is 15.0 Å². The summed E-state index contributed by atoms with van der Waals surface area (Å²) in [7, 11) is 0. The predicted molar refractivity (Wildman–Crippen MR) is 103 cm³/mol. The maximum absolute atomic E-state index is 12.5. The van der Waals surface area contributed by atoms with Crippen molar-refractivity contribution in [3.8, 4) is 5.75 Å². The summed E-state index contributed by atoms with van der Waals surface area (Å²) in [5.74, 6) is 0.504. The molecule has 0 saturated carbocycles. The Balaban J connectivity index is 1.71. The molecule has 3 rings (SSSR count). The molecule has 0 aromatic heterocycles. The first-order chi connectivity index (χ1) is 12.0. The van der Waals surface area contributed by atoms with Crippen molar-refractivity contribution < 1.29 is 9.53 Å². The van der Waals surface area contributed by atoms with Crippen LogP contribution in [-0.4, -0.2) is 25.1 Å². The molecule has 1 saturated heterocycles. The van der Waals surface area contributed by atoms with Crippen molar-refractivity contribution in [3.05, 3.63) is 53.1 Å². The van der Waals surface area contributed by atoms with Gasteiger partial charge in [0.15, 0.2) is 0 Å². The topological polar surface area (TPSA) is 41.6 Å². The number of benzene rings is 2. The van der Waals surface area contributed by atoms with E-state index in [0.29, 0.717) is 22.0 Å². The summed E-state index contributed by atoms with van der Waals surface area (Å²) in [6.45, 7) is 5.98. The van der Waals surface area contributed by atoms with Gasteiger partial charge in [0, 0.05) is 24.3 Å². The largest absolute Gasteiger partial charge is 0.491 e. The number of ether oxygens (including phenoxy) is 1. The summed E-state index contributed by atoms with van der Waals surface area (Å²) in [6, 6.07) is 12.8. The number of carbonyl (C=O) groups excluding carboxylic acids is 1. The molecule has 1 amide bonds. The minimum absolute atomic E-state index is 0.0650. The van der Waals surface area contributed by atoms with Crippen molar-refractivity contribution in [2.24, 2.45) is 0 Å². The highest BCUT2D eigenvalue weighted by atomic mass is 35.5. The number of nitrogens with zero attached hydrogens (tertiary/aromatic N) is 1. The van der Waals surface area contributed by atoms with Gasteiger partial charge in [0.2, 0.25) is 0 Å². The van der Waals surface area contributed by atoms with Gasteiger partial charge in [-0.3, -0.25) is 4.79 Å². The standard InChI is InChI=1S/C20H23ClN2O2/c1-14(2)25-17-7-5-6-15(12-17)20(24)22-16-8-9-19(18(21)13-16)23-10-3-4-11-23/h5-9,12-14H,3-4,10-11H2,1-2H3,(H,22,24). The zero-order chi connectivity index (χ0) is 17.8. The van der Waals surface area contributed by atoms with E-state index in [1.54, 1.807) is 12.1 Å². The molecule has 132 valence electrons. The first kappa shape index (κ1) is 17.6. The minimum Gasteiger partial charge on any atom is -0.491 e. The first-order valence-electron chi connectivity index (χ1n) is 8.65. The Kier molecular flexibility index (Phi) is 5.49. The zero-order valence-electron chi connectivity index (χ0n) is 14.6. The van der Waals surface area contributed by atoms with Gasteiger partial charge in [-0.05, 0) is 63.1 Å². The maximum Gasteiger partial charge on any atom is 0.255 e. The van der Waals surface area contributed by atoms with E-state index in [9.17, 15) is 4.79 Å². The molecule has 1 aliphatic rings. The van der Waals surface area contributed by atoms with Gasteiger partial charge < -0.3 is 15.0 Å². The van der Waals surface area contributed by atoms with E-state index in [4.69, 9.17) is 16.3 Å². The van der Waals surface area contributed by atoms with Crippen LogP contribution in [0.2, 0.25) is 5.02 Å². The first-order valence-corrected chi connectivity index (χ1v) is 9.03. The van der Waals surface area contributed by atoms with Crippen molar-refractivity contribution >= 4 is 28.9 Å². The fourth-order valence-electron chi connectivity index (χ4n) is 2.99. The van der Waals surface area contributed by atoms with Crippen molar-refractivity contribution in [2.75, 3.05) is 23.3 Å². The fourth-order valence-corrected chi connectivity index (χ4v) is 3.29. The number of amides is 1. The second-order valence-corrected chi connectivity index (χ2v) is 6.92. The molecule has 1 heterocycles. The third kappa shape index (κ3) is 4.45. The molecule has 0 bridgehead atoms. The van der Waals surface area contributed by atoms with Crippen LogP contribution in [0.3, 0.4) is 0 Å². The van der Waals surface area contributed by atoms with Crippen LogP contribution in [0.4, 0.5) is 11.4 Å². The van der Waals surface area contributed by atoms with Gasteiger partial charge in [0.25, 0.3) is 5.91 Å². The van der Waals surface area contributed by atoms with Crippen molar-refractivity contribution in [2.45, 2.75) is 32.8 Å². The molecule has 1 N–H and O–H groups in total. The number of halogens is 1. The van der Waals surface area contributed by atoms with E-state index in [2.05, 4.69) is 10.2 Å². The molecule has 5 heteroatoms. The second-order valence-electron chi connectivity index (χ2n) is 6.51. The average Bonchev–Trinajstić information content (AvgIpc) is 3.09. The Hall–Kier alpha value is -2.20. The molecule has 0 spiro atoms. The van der Waals surface area contributed by atoms with E-state index in [0.717, 1.165) is 18.8 Å². The summed E-state index contributed by atoms with van der Waals surface area (Å²) < 4.78 is 5.64. The van der Waals surface area contributed by atoms with E-state index in [1.807, 2.05) is 44.2 Å². The monoisotopic (exact) mass is 358 g/mol. The van der Waals surface area contributed by atoms with Crippen LogP contribution in [0.5, 0.6) is 5.75 Å². The van der Waals surface area contributed by atoms with Crippen molar-refractivity contribution in [1.29, 1.82) is 0 Å². The summed E-state index contributed by atoms with van der Waals surface area (Å²) in [5.41, 5.74) is 2.27. The molecular weight excluding hydrogens is 336 g/mol. The zero-order valence-corrected chi connectivity index (χ0v) is 15.3. The Bertz CT molecular complexity index is 755.